The van der Waals surface area contributed by atoms with E-state index >= 15 is 0 Å². The van der Waals surface area contributed by atoms with Crippen LogP contribution in [0.4, 0.5) is 5.69 Å². The minimum atomic E-state index is -0.872. The molecule has 11 heteroatoms. The molecule has 6 rings (SSSR count). The maximum absolute atomic E-state index is 14.0. The van der Waals surface area contributed by atoms with Gasteiger partial charge < -0.3 is 25.6 Å². The average molecular weight is 618 g/mol. The Balaban J connectivity index is 1.23. The van der Waals surface area contributed by atoms with Crippen molar-refractivity contribution in [3.8, 4) is 0 Å². The molecule has 3 aliphatic carbocycles. The predicted octanol–water partition coefficient (Wildman–Crippen LogP) is 3.74. The van der Waals surface area contributed by atoms with Gasteiger partial charge in [0.25, 0.3) is 5.91 Å². The van der Waals surface area contributed by atoms with Gasteiger partial charge in [-0.2, -0.15) is 5.10 Å². The van der Waals surface area contributed by atoms with E-state index in [0.717, 1.165) is 44.9 Å². The number of likely N-dealkylation sites (tertiary alicyclic amines) is 1. The molecule has 4 fully saturated rings. The number of rotatable bonds is 13. The Morgan fingerprint density at radius 3 is 2.38 bits per heavy atom. The van der Waals surface area contributed by atoms with E-state index in [9.17, 15) is 14.4 Å². The van der Waals surface area contributed by atoms with E-state index in [4.69, 9.17) is 9.72 Å². The van der Waals surface area contributed by atoms with Crippen LogP contribution in [0.3, 0.4) is 0 Å². The van der Waals surface area contributed by atoms with E-state index in [0.29, 0.717) is 54.3 Å². The first-order chi connectivity index (χ1) is 21.5. The van der Waals surface area contributed by atoms with Gasteiger partial charge in [-0.1, -0.05) is 26.2 Å². The number of amides is 3. The van der Waals surface area contributed by atoms with Gasteiger partial charge in [0.1, 0.15) is 17.2 Å². The molecular formula is C34H47N7O4. The molecule has 1 aliphatic heterocycles. The molecule has 3 heterocycles. The molecule has 3 N–H and O–H groups in total. The summed E-state index contributed by atoms with van der Waals surface area (Å²) < 4.78 is 6.91. The van der Waals surface area contributed by atoms with Crippen LogP contribution >= 0.6 is 0 Å². The zero-order valence-electron chi connectivity index (χ0n) is 27.0. The summed E-state index contributed by atoms with van der Waals surface area (Å²) >= 11 is 0. The fourth-order valence-corrected chi connectivity index (χ4v) is 7.40. The molecule has 4 atom stereocenters. The molecule has 3 unspecified atom stereocenters. The van der Waals surface area contributed by atoms with Crippen molar-refractivity contribution in [1.29, 1.82) is 0 Å². The van der Waals surface area contributed by atoms with Gasteiger partial charge in [-0.15, -0.1) is 0 Å². The van der Waals surface area contributed by atoms with Crippen molar-refractivity contribution in [2.24, 2.45) is 30.2 Å². The number of carbonyl (C=O) groups excluding carboxylic acids is 3. The van der Waals surface area contributed by atoms with Crippen LogP contribution in [-0.4, -0.2) is 69.7 Å². The highest BCUT2D eigenvalue weighted by Gasteiger charge is 2.54. The smallest absolute Gasteiger partial charge is 0.270 e. The Labute approximate surface area is 265 Å². The van der Waals surface area contributed by atoms with Crippen LogP contribution in [0.15, 0.2) is 43.1 Å². The van der Waals surface area contributed by atoms with E-state index in [1.807, 2.05) is 17.0 Å². The molecule has 0 aromatic carbocycles. The van der Waals surface area contributed by atoms with Crippen molar-refractivity contribution in [3.05, 3.63) is 54.4 Å². The number of aryl methyl sites for hydroxylation is 1. The zero-order chi connectivity index (χ0) is 31.9. The first kappa shape index (κ1) is 31.1. The second-order valence-electron chi connectivity index (χ2n) is 14.0. The van der Waals surface area contributed by atoms with Gasteiger partial charge in [-0.05, 0) is 87.0 Å². The molecule has 0 bridgehead atoms. The number of carbonyl (C=O) groups is 3. The number of methoxy groups -OCH3 is 1. The van der Waals surface area contributed by atoms with E-state index in [1.54, 1.807) is 32.6 Å². The third-order valence-corrected chi connectivity index (χ3v) is 11.0. The number of nitrogens with one attached hydrogen (secondary N) is 3. The van der Waals surface area contributed by atoms with E-state index in [1.165, 1.54) is 4.68 Å². The highest BCUT2D eigenvalue weighted by Crippen LogP contribution is 2.58. The Kier molecular flexibility index (Phi) is 8.39. The van der Waals surface area contributed by atoms with Crippen LogP contribution < -0.4 is 16.0 Å². The maximum Gasteiger partial charge on any atom is 0.270 e. The first-order valence-corrected chi connectivity index (χ1v) is 16.4. The number of hydrogen-bond donors (Lipinski definition) is 3. The molecule has 0 radical (unpaired) electrons. The molecule has 242 valence electrons. The number of aromatic nitrogens is 3. The minimum absolute atomic E-state index is 0.0207. The number of nitrogens with zero attached hydrogens (tertiary/aromatic N) is 4. The van der Waals surface area contributed by atoms with Gasteiger partial charge in [0.05, 0.1) is 24.7 Å². The lowest BCUT2D eigenvalue weighted by Crippen LogP contribution is -2.54. The van der Waals surface area contributed by atoms with Gasteiger partial charge in [0.15, 0.2) is 5.88 Å². The van der Waals surface area contributed by atoms with Crippen LogP contribution in [-0.2, 0) is 26.8 Å². The van der Waals surface area contributed by atoms with E-state index < -0.39 is 11.5 Å². The second-order valence-corrected chi connectivity index (χ2v) is 14.0. The molecule has 2 aromatic heterocycles. The average Bonchev–Trinajstić information content (AvgIpc) is 3.90. The molecular weight excluding hydrogens is 570 g/mol. The van der Waals surface area contributed by atoms with Crippen molar-refractivity contribution in [2.75, 3.05) is 25.5 Å². The summed E-state index contributed by atoms with van der Waals surface area (Å²) in [6, 6.07) is 4.71. The molecule has 45 heavy (non-hydrogen) atoms. The summed E-state index contributed by atoms with van der Waals surface area (Å²) in [5.74, 6) is 0.868. The summed E-state index contributed by atoms with van der Waals surface area (Å²) in [5, 5.41) is 13.5. The number of ether oxygens (including phenoxy) is 1. The van der Waals surface area contributed by atoms with Crippen molar-refractivity contribution in [2.45, 2.75) is 82.7 Å². The molecule has 0 spiro atoms. The minimum Gasteiger partial charge on any atom is -0.483 e. The highest BCUT2D eigenvalue weighted by atomic mass is 16.5. The van der Waals surface area contributed by atoms with Gasteiger partial charge in [0, 0.05) is 32.4 Å². The molecule has 2 aromatic rings. The van der Waals surface area contributed by atoms with Crippen LogP contribution in [0.25, 0.3) is 0 Å². The number of hydrogen-bond acceptors (Lipinski definition) is 7. The van der Waals surface area contributed by atoms with Crippen molar-refractivity contribution >= 4 is 23.4 Å². The van der Waals surface area contributed by atoms with Gasteiger partial charge in [-0.3, -0.25) is 24.0 Å². The Morgan fingerprint density at radius 2 is 1.82 bits per heavy atom. The third-order valence-electron chi connectivity index (χ3n) is 11.0. The lowest BCUT2D eigenvalue weighted by Gasteiger charge is -2.42. The van der Waals surface area contributed by atoms with Gasteiger partial charge in [0.2, 0.25) is 11.8 Å². The lowest BCUT2D eigenvalue weighted by atomic mass is 9.66. The van der Waals surface area contributed by atoms with Crippen LogP contribution in [0.1, 0.15) is 81.4 Å². The summed E-state index contributed by atoms with van der Waals surface area (Å²) in [5.41, 5.74) is 0.727. The Bertz CT molecular complexity index is 1440. The zero-order valence-corrected chi connectivity index (χ0v) is 27.0. The van der Waals surface area contributed by atoms with Crippen molar-refractivity contribution < 1.29 is 19.1 Å². The summed E-state index contributed by atoms with van der Waals surface area (Å²) in [7, 11) is 3.30. The lowest BCUT2D eigenvalue weighted by molar-refractivity contribution is -0.127. The normalized spacial score (nSPS) is 24.1. The topological polar surface area (TPSA) is 130 Å². The van der Waals surface area contributed by atoms with Crippen molar-refractivity contribution in [3.63, 3.8) is 0 Å². The summed E-state index contributed by atoms with van der Waals surface area (Å²) in [4.78, 5) is 48.0. The summed E-state index contributed by atoms with van der Waals surface area (Å²) in [6.07, 6.45) is 11.4. The first-order valence-electron chi connectivity index (χ1n) is 16.4. The van der Waals surface area contributed by atoms with Crippen LogP contribution in [0.2, 0.25) is 0 Å². The summed E-state index contributed by atoms with van der Waals surface area (Å²) in [6.45, 7) is 9.34. The fraction of sp³-hybridized carbons (Fsp3) is 0.618. The van der Waals surface area contributed by atoms with E-state index in [-0.39, 0.29) is 35.1 Å². The maximum atomic E-state index is 14.0. The molecule has 4 aliphatic rings. The Morgan fingerprint density at radius 1 is 1.07 bits per heavy atom. The highest BCUT2D eigenvalue weighted by molar-refractivity contribution is 6.00. The second kappa shape index (κ2) is 12.1. The Hall–Kier alpha value is -3.89. The monoisotopic (exact) mass is 617 g/mol. The number of anilines is 1. The number of pyridine rings is 1. The standard InChI is InChI=1S/C34H47N7O4/c1-21(23-9-10-23)37-32(44)34(16-18-41(20-34)22(2)45-5)27-12-11-25(19-35-27)38-31(43)29(39-30(42)26-13-17-36-40(26)4)28(24-7-6-8-24)33(3)14-15-33/h11-13,17,19,21,23-24,28-29H,2,6-10,14-16,18,20H2,1,3-5H3,(H,37,44)(H,38,43)(H,39,42)/t21?,28?,29-,34?/m0/s1. The fourth-order valence-electron chi connectivity index (χ4n) is 7.40. The predicted molar refractivity (Wildman–Crippen MR) is 170 cm³/mol. The van der Waals surface area contributed by atoms with Gasteiger partial charge in [-0.25, -0.2) is 0 Å². The molecule has 1 saturated heterocycles. The molecule has 11 nitrogen and oxygen atoms in total. The quantitative estimate of drug-likeness (QED) is 0.292. The largest absolute Gasteiger partial charge is 0.483 e. The van der Waals surface area contributed by atoms with E-state index in [2.05, 4.69) is 41.5 Å². The molecule has 3 amide bonds. The SMILES string of the molecule is C=C(OC)N1CCC(C(=O)NC(C)C2CC2)(c2ccc(NC(=O)[C@@H](NC(=O)c3ccnn3C)C(C3CCC3)C3(C)CC3)cn2)C1. The van der Waals surface area contributed by atoms with Crippen LogP contribution in [0.5, 0.6) is 0 Å². The van der Waals surface area contributed by atoms with Crippen molar-refractivity contribution in [1.82, 2.24) is 30.3 Å². The molecule has 3 saturated carbocycles. The van der Waals surface area contributed by atoms with Gasteiger partial charge >= 0.3 is 0 Å². The third kappa shape index (κ3) is 6.18. The van der Waals surface area contributed by atoms with Crippen LogP contribution in [0, 0.1) is 23.2 Å².